The third kappa shape index (κ3) is 7.82. The molecule has 0 spiro atoms. The summed E-state index contributed by atoms with van der Waals surface area (Å²) in [5.41, 5.74) is 5.83. The molecule has 0 heterocycles. The van der Waals surface area contributed by atoms with Gasteiger partial charge >= 0.3 is 5.97 Å². The Kier molecular flexibility index (Phi) is 8.39. The number of hydrogen-bond acceptors (Lipinski definition) is 3. The summed E-state index contributed by atoms with van der Waals surface area (Å²) in [5, 5.41) is 11.6. The molecule has 4 N–H and O–H groups in total. The molecule has 19 heavy (non-hydrogen) atoms. The molecule has 0 saturated carbocycles. The Morgan fingerprint density at radius 1 is 1.26 bits per heavy atom. The summed E-state index contributed by atoms with van der Waals surface area (Å²) in [7, 11) is 0. The number of nitrogens with two attached hydrogens (primary N) is 1. The van der Waals surface area contributed by atoms with Crippen molar-refractivity contribution in [3.63, 3.8) is 0 Å². The van der Waals surface area contributed by atoms with E-state index in [-0.39, 0.29) is 24.2 Å². The summed E-state index contributed by atoms with van der Waals surface area (Å²) >= 11 is 0. The minimum atomic E-state index is -0.828. The Labute approximate surface area is 115 Å². The quantitative estimate of drug-likeness (QED) is 0.594. The number of hydrogen-bond donors (Lipinski definition) is 3. The van der Waals surface area contributed by atoms with Crippen molar-refractivity contribution >= 4 is 11.9 Å². The standard InChI is InChI=1S/C14H28N2O3/c1-5-10(4)13(15)14(19)16-8-11(6-9(2)3)7-12(17)18/h9-11,13H,5-8,15H2,1-4H3,(H,16,19)(H,17,18)/t10-,11?,13-/m0/s1. The van der Waals surface area contributed by atoms with Gasteiger partial charge in [0.2, 0.25) is 5.91 Å². The largest absolute Gasteiger partial charge is 0.481 e. The van der Waals surface area contributed by atoms with Crippen LogP contribution in [0.15, 0.2) is 0 Å². The molecule has 0 aromatic heterocycles. The van der Waals surface area contributed by atoms with Gasteiger partial charge in [0.15, 0.2) is 0 Å². The van der Waals surface area contributed by atoms with E-state index in [1.54, 1.807) is 0 Å². The van der Waals surface area contributed by atoms with E-state index < -0.39 is 12.0 Å². The van der Waals surface area contributed by atoms with E-state index in [4.69, 9.17) is 10.8 Å². The lowest BCUT2D eigenvalue weighted by molar-refractivity contribution is -0.138. The molecule has 1 unspecified atom stereocenters. The van der Waals surface area contributed by atoms with Gasteiger partial charge in [0, 0.05) is 13.0 Å². The zero-order chi connectivity index (χ0) is 15.0. The van der Waals surface area contributed by atoms with E-state index in [0.29, 0.717) is 12.5 Å². The lowest BCUT2D eigenvalue weighted by Gasteiger charge is -2.21. The first kappa shape index (κ1) is 17.9. The molecule has 0 aromatic carbocycles. The molecule has 5 nitrogen and oxygen atoms in total. The van der Waals surface area contributed by atoms with Gasteiger partial charge in [-0.15, -0.1) is 0 Å². The first-order valence-electron chi connectivity index (χ1n) is 7.02. The van der Waals surface area contributed by atoms with Crippen LogP contribution < -0.4 is 11.1 Å². The maximum atomic E-state index is 11.8. The zero-order valence-corrected chi connectivity index (χ0v) is 12.5. The van der Waals surface area contributed by atoms with Crippen LogP contribution in [0.2, 0.25) is 0 Å². The van der Waals surface area contributed by atoms with Gasteiger partial charge in [-0.25, -0.2) is 0 Å². The number of rotatable bonds is 9. The molecular formula is C14H28N2O3. The van der Waals surface area contributed by atoms with Gasteiger partial charge in [-0.3, -0.25) is 9.59 Å². The SMILES string of the molecule is CC[C@H](C)[C@H](N)C(=O)NCC(CC(=O)O)CC(C)C. The first-order chi connectivity index (χ1) is 8.77. The second kappa shape index (κ2) is 8.91. The van der Waals surface area contributed by atoms with E-state index in [9.17, 15) is 9.59 Å². The van der Waals surface area contributed by atoms with Crippen molar-refractivity contribution in [2.75, 3.05) is 6.54 Å². The highest BCUT2D eigenvalue weighted by Crippen LogP contribution is 2.15. The molecule has 5 heteroatoms. The third-order valence-corrected chi connectivity index (χ3v) is 3.39. The Hall–Kier alpha value is -1.10. The van der Waals surface area contributed by atoms with Crippen LogP contribution in [-0.2, 0) is 9.59 Å². The van der Waals surface area contributed by atoms with E-state index in [1.807, 2.05) is 27.7 Å². The molecule has 0 aromatic rings. The fourth-order valence-corrected chi connectivity index (χ4v) is 2.03. The van der Waals surface area contributed by atoms with Gasteiger partial charge < -0.3 is 16.2 Å². The fourth-order valence-electron chi connectivity index (χ4n) is 2.03. The minimum absolute atomic E-state index is 0.0365. The van der Waals surface area contributed by atoms with Crippen LogP contribution in [-0.4, -0.2) is 29.6 Å². The Bertz CT molecular complexity index is 292. The monoisotopic (exact) mass is 272 g/mol. The molecule has 0 aliphatic rings. The van der Waals surface area contributed by atoms with Crippen LogP contribution in [0.25, 0.3) is 0 Å². The molecule has 112 valence electrons. The van der Waals surface area contributed by atoms with E-state index in [2.05, 4.69) is 5.32 Å². The maximum absolute atomic E-state index is 11.8. The molecule has 0 aliphatic carbocycles. The van der Waals surface area contributed by atoms with Crippen molar-refractivity contribution in [3.05, 3.63) is 0 Å². The van der Waals surface area contributed by atoms with Crippen molar-refractivity contribution in [2.45, 2.75) is 53.0 Å². The van der Waals surface area contributed by atoms with Gasteiger partial charge in [-0.05, 0) is 24.2 Å². The van der Waals surface area contributed by atoms with Crippen molar-refractivity contribution in [1.29, 1.82) is 0 Å². The van der Waals surface area contributed by atoms with Gasteiger partial charge in [-0.2, -0.15) is 0 Å². The second-order valence-corrected chi connectivity index (χ2v) is 5.75. The molecule has 0 bridgehead atoms. The van der Waals surface area contributed by atoms with Crippen molar-refractivity contribution < 1.29 is 14.7 Å². The number of carboxylic acids is 1. The molecular weight excluding hydrogens is 244 g/mol. The average molecular weight is 272 g/mol. The lowest BCUT2D eigenvalue weighted by Crippen LogP contribution is -2.46. The maximum Gasteiger partial charge on any atom is 0.303 e. The van der Waals surface area contributed by atoms with Crippen LogP contribution >= 0.6 is 0 Å². The van der Waals surface area contributed by atoms with Crippen LogP contribution in [0.3, 0.4) is 0 Å². The van der Waals surface area contributed by atoms with Gasteiger partial charge in [0.05, 0.1) is 6.04 Å². The van der Waals surface area contributed by atoms with E-state index >= 15 is 0 Å². The highest BCUT2D eigenvalue weighted by Gasteiger charge is 2.21. The molecule has 0 radical (unpaired) electrons. The normalized spacial score (nSPS) is 15.9. The lowest BCUT2D eigenvalue weighted by atomic mass is 9.93. The summed E-state index contributed by atoms with van der Waals surface area (Å²) in [6.45, 7) is 8.40. The molecule has 0 saturated heterocycles. The summed E-state index contributed by atoms with van der Waals surface area (Å²) in [4.78, 5) is 22.6. The van der Waals surface area contributed by atoms with Crippen LogP contribution in [0.4, 0.5) is 0 Å². The summed E-state index contributed by atoms with van der Waals surface area (Å²) in [5.74, 6) is -0.516. The predicted molar refractivity (Wildman–Crippen MR) is 75.6 cm³/mol. The number of carboxylic acid groups (broad SMARTS) is 1. The third-order valence-electron chi connectivity index (χ3n) is 3.39. The second-order valence-electron chi connectivity index (χ2n) is 5.75. The summed E-state index contributed by atoms with van der Waals surface area (Å²) in [6.07, 6.45) is 1.71. The van der Waals surface area contributed by atoms with Crippen molar-refractivity contribution in [3.8, 4) is 0 Å². The number of nitrogens with one attached hydrogen (secondary N) is 1. The summed E-state index contributed by atoms with van der Waals surface area (Å²) in [6, 6.07) is -0.519. The van der Waals surface area contributed by atoms with Crippen molar-refractivity contribution in [2.24, 2.45) is 23.5 Å². The van der Waals surface area contributed by atoms with E-state index in [0.717, 1.165) is 12.8 Å². The molecule has 0 rings (SSSR count). The fraction of sp³-hybridized carbons (Fsp3) is 0.857. The molecule has 1 amide bonds. The smallest absolute Gasteiger partial charge is 0.303 e. The highest BCUT2D eigenvalue weighted by molar-refractivity contribution is 5.81. The van der Waals surface area contributed by atoms with Gasteiger partial charge in [-0.1, -0.05) is 34.1 Å². The highest BCUT2D eigenvalue weighted by atomic mass is 16.4. The first-order valence-corrected chi connectivity index (χ1v) is 7.02. The van der Waals surface area contributed by atoms with Gasteiger partial charge in [0.25, 0.3) is 0 Å². The summed E-state index contributed by atoms with van der Waals surface area (Å²) < 4.78 is 0. The van der Waals surface area contributed by atoms with Gasteiger partial charge in [0.1, 0.15) is 0 Å². The Morgan fingerprint density at radius 3 is 2.26 bits per heavy atom. The number of carbonyl (C=O) groups excluding carboxylic acids is 1. The topological polar surface area (TPSA) is 92.4 Å². The average Bonchev–Trinajstić information content (AvgIpc) is 2.32. The zero-order valence-electron chi connectivity index (χ0n) is 12.5. The Balaban J connectivity index is 4.29. The molecule has 3 atom stereocenters. The van der Waals surface area contributed by atoms with E-state index in [1.165, 1.54) is 0 Å². The van der Waals surface area contributed by atoms with Crippen LogP contribution in [0.5, 0.6) is 0 Å². The molecule has 0 fully saturated rings. The minimum Gasteiger partial charge on any atom is -0.481 e. The Morgan fingerprint density at radius 2 is 1.84 bits per heavy atom. The number of carbonyl (C=O) groups is 2. The van der Waals surface area contributed by atoms with Crippen LogP contribution in [0.1, 0.15) is 47.0 Å². The predicted octanol–water partition coefficient (Wildman–Crippen LogP) is 1.61. The molecule has 0 aliphatic heterocycles. The van der Waals surface area contributed by atoms with Crippen molar-refractivity contribution in [1.82, 2.24) is 5.32 Å². The number of aliphatic carboxylic acids is 1. The number of amides is 1. The van der Waals surface area contributed by atoms with Crippen LogP contribution in [0, 0.1) is 17.8 Å².